The molecule has 0 saturated carbocycles. The molecule has 72 valence electrons. The van der Waals surface area contributed by atoms with E-state index >= 15 is 0 Å². The molecule has 0 aliphatic rings. The highest BCUT2D eigenvalue weighted by Crippen LogP contribution is 1.98. The van der Waals surface area contributed by atoms with E-state index in [1.165, 1.54) is 4.73 Å². The number of halogens is 1. The van der Waals surface area contributed by atoms with Crippen LogP contribution in [-0.2, 0) is 6.61 Å². The minimum absolute atomic E-state index is 0.459. The zero-order valence-corrected chi connectivity index (χ0v) is 8.24. The second kappa shape index (κ2) is 4.15. The summed E-state index contributed by atoms with van der Waals surface area (Å²) >= 11 is 5.79. The molecule has 1 aromatic carbocycles. The van der Waals surface area contributed by atoms with Crippen molar-refractivity contribution < 1.29 is 9.57 Å². The normalized spacial score (nSPS) is 10.1. The van der Waals surface area contributed by atoms with Crippen LogP contribution in [0.3, 0.4) is 0 Å². The van der Waals surface area contributed by atoms with Gasteiger partial charge in [-0.15, -0.1) is 0 Å². The van der Waals surface area contributed by atoms with Gasteiger partial charge in [-0.2, -0.15) is 0 Å². The molecule has 14 heavy (non-hydrogen) atoms. The van der Waals surface area contributed by atoms with Crippen LogP contribution in [0.1, 0.15) is 5.56 Å². The maximum absolute atomic E-state index is 5.79. The van der Waals surface area contributed by atoms with E-state index < -0.39 is 0 Å². The van der Waals surface area contributed by atoms with Gasteiger partial charge in [0.1, 0.15) is 6.20 Å². The van der Waals surface area contributed by atoms with Gasteiger partial charge >= 0.3 is 5.28 Å². The van der Waals surface area contributed by atoms with Crippen molar-refractivity contribution >= 4 is 11.6 Å². The molecule has 0 bridgehead atoms. The Labute approximate surface area is 86.9 Å². The molecule has 0 aliphatic carbocycles. The maximum atomic E-state index is 5.79. The zero-order valence-electron chi connectivity index (χ0n) is 7.48. The number of benzene rings is 1. The number of aromatic nitrogens is 2. The Kier molecular flexibility index (Phi) is 2.70. The van der Waals surface area contributed by atoms with Gasteiger partial charge < -0.3 is 4.84 Å². The van der Waals surface area contributed by atoms with Gasteiger partial charge in [-0.1, -0.05) is 30.3 Å². The lowest BCUT2D eigenvalue weighted by atomic mass is 10.2. The van der Waals surface area contributed by atoms with Gasteiger partial charge in [-0.05, 0) is 10.3 Å². The van der Waals surface area contributed by atoms with E-state index in [0.717, 1.165) is 5.56 Å². The SMILES string of the molecule is Clc1[nH]cc[n+]1OCc1ccccc1. The number of aromatic amines is 1. The first-order valence-corrected chi connectivity index (χ1v) is 4.66. The predicted octanol–water partition coefficient (Wildman–Crippen LogP) is 1.58. The van der Waals surface area contributed by atoms with E-state index in [1.807, 2.05) is 30.3 Å². The van der Waals surface area contributed by atoms with Crippen LogP contribution in [0.2, 0.25) is 5.28 Å². The smallest absolute Gasteiger partial charge is 0.330 e. The van der Waals surface area contributed by atoms with Crippen molar-refractivity contribution in [2.75, 3.05) is 0 Å². The van der Waals surface area contributed by atoms with Crippen molar-refractivity contribution in [2.24, 2.45) is 0 Å². The van der Waals surface area contributed by atoms with Gasteiger partial charge in [0.2, 0.25) is 0 Å². The van der Waals surface area contributed by atoms with Gasteiger partial charge in [-0.3, -0.25) is 0 Å². The second-order valence-corrected chi connectivity index (χ2v) is 3.19. The van der Waals surface area contributed by atoms with Crippen LogP contribution in [0.5, 0.6) is 0 Å². The monoisotopic (exact) mass is 209 g/mol. The van der Waals surface area contributed by atoms with Crippen molar-refractivity contribution in [3.63, 3.8) is 0 Å². The molecule has 1 aromatic heterocycles. The molecule has 4 heteroatoms. The first-order chi connectivity index (χ1) is 6.86. The quantitative estimate of drug-likeness (QED) is 0.765. The number of H-pyrrole nitrogens is 1. The molecule has 2 rings (SSSR count). The van der Waals surface area contributed by atoms with Crippen molar-refractivity contribution in [3.8, 4) is 0 Å². The third kappa shape index (κ3) is 2.06. The van der Waals surface area contributed by atoms with Gasteiger partial charge in [0.15, 0.2) is 12.8 Å². The molecule has 0 atom stereocenters. The van der Waals surface area contributed by atoms with Crippen molar-refractivity contribution in [2.45, 2.75) is 6.61 Å². The molecule has 0 radical (unpaired) electrons. The van der Waals surface area contributed by atoms with Crippen molar-refractivity contribution in [1.29, 1.82) is 0 Å². The Balaban J connectivity index is 1.99. The third-order valence-electron chi connectivity index (χ3n) is 1.82. The highest BCUT2D eigenvalue weighted by Gasteiger charge is 2.07. The van der Waals surface area contributed by atoms with E-state index in [0.29, 0.717) is 11.9 Å². The zero-order chi connectivity index (χ0) is 9.80. The molecular formula is C10H10ClN2O+. The van der Waals surface area contributed by atoms with Gasteiger partial charge in [0.05, 0.1) is 0 Å². The Morgan fingerprint density at radius 2 is 2.07 bits per heavy atom. The summed E-state index contributed by atoms with van der Waals surface area (Å²) in [5.41, 5.74) is 1.11. The Morgan fingerprint density at radius 1 is 1.29 bits per heavy atom. The number of imidazole rings is 1. The van der Waals surface area contributed by atoms with E-state index in [9.17, 15) is 0 Å². The van der Waals surface area contributed by atoms with E-state index in [2.05, 4.69) is 4.98 Å². The number of nitrogens with zero attached hydrogens (tertiary/aromatic N) is 1. The first kappa shape index (κ1) is 9.09. The fraction of sp³-hybridized carbons (Fsp3) is 0.100. The number of rotatable bonds is 3. The fourth-order valence-corrected chi connectivity index (χ4v) is 1.29. The third-order valence-corrected chi connectivity index (χ3v) is 2.09. The Hall–Kier alpha value is -1.48. The van der Waals surface area contributed by atoms with E-state index in [-0.39, 0.29) is 0 Å². The second-order valence-electron chi connectivity index (χ2n) is 2.84. The molecule has 2 aromatic rings. The van der Waals surface area contributed by atoms with E-state index in [4.69, 9.17) is 16.4 Å². The summed E-state index contributed by atoms with van der Waals surface area (Å²) in [6.07, 6.45) is 3.44. The lowest BCUT2D eigenvalue weighted by Crippen LogP contribution is -2.41. The summed E-state index contributed by atoms with van der Waals surface area (Å²) in [5.74, 6) is 0. The first-order valence-electron chi connectivity index (χ1n) is 4.28. The average molecular weight is 210 g/mol. The van der Waals surface area contributed by atoms with Crippen molar-refractivity contribution in [1.82, 2.24) is 4.98 Å². The highest BCUT2D eigenvalue weighted by atomic mass is 35.5. The van der Waals surface area contributed by atoms with Crippen LogP contribution in [0.4, 0.5) is 0 Å². The molecule has 1 heterocycles. The minimum Gasteiger partial charge on any atom is -0.330 e. The number of hydrogen-bond acceptors (Lipinski definition) is 1. The van der Waals surface area contributed by atoms with Crippen LogP contribution >= 0.6 is 11.6 Å². The Morgan fingerprint density at radius 3 is 2.71 bits per heavy atom. The van der Waals surface area contributed by atoms with Gasteiger partial charge in [0.25, 0.3) is 0 Å². The van der Waals surface area contributed by atoms with E-state index in [1.54, 1.807) is 12.4 Å². The molecule has 1 N–H and O–H groups in total. The molecular weight excluding hydrogens is 200 g/mol. The summed E-state index contributed by atoms with van der Waals surface area (Å²) in [6.45, 7) is 0.503. The molecule has 0 spiro atoms. The number of hydrogen-bond donors (Lipinski definition) is 1. The average Bonchev–Trinajstić information content (AvgIpc) is 2.63. The molecule has 0 saturated heterocycles. The topological polar surface area (TPSA) is 28.9 Å². The summed E-state index contributed by atoms with van der Waals surface area (Å²) in [7, 11) is 0. The summed E-state index contributed by atoms with van der Waals surface area (Å²) in [5, 5.41) is 0.459. The molecule has 0 amide bonds. The molecule has 3 nitrogen and oxygen atoms in total. The van der Waals surface area contributed by atoms with Crippen LogP contribution in [-0.4, -0.2) is 4.98 Å². The lowest BCUT2D eigenvalue weighted by molar-refractivity contribution is -0.892. The minimum atomic E-state index is 0.459. The molecule has 0 aliphatic heterocycles. The maximum Gasteiger partial charge on any atom is 0.391 e. The lowest BCUT2D eigenvalue weighted by Gasteiger charge is -1.99. The summed E-state index contributed by atoms with van der Waals surface area (Å²) in [4.78, 5) is 8.22. The van der Waals surface area contributed by atoms with Crippen molar-refractivity contribution in [3.05, 3.63) is 53.6 Å². The van der Waals surface area contributed by atoms with Crippen LogP contribution in [0, 0.1) is 0 Å². The molecule has 0 fully saturated rings. The molecule has 0 unspecified atom stereocenters. The largest absolute Gasteiger partial charge is 0.391 e. The van der Waals surface area contributed by atoms with Crippen LogP contribution < -0.4 is 9.57 Å². The van der Waals surface area contributed by atoms with Crippen LogP contribution in [0.25, 0.3) is 0 Å². The predicted molar refractivity (Wildman–Crippen MR) is 52.7 cm³/mol. The Bertz CT molecular complexity index is 400. The highest BCUT2D eigenvalue weighted by molar-refractivity contribution is 6.27. The van der Waals surface area contributed by atoms with Gasteiger partial charge in [-0.25, -0.2) is 4.98 Å². The fourth-order valence-electron chi connectivity index (χ4n) is 1.12. The van der Waals surface area contributed by atoms with Gasteiger partial charge in [0, 0.05) is 11.6 Å². The van der Waals surface area contributed by atoms with Crippen LogP contribution in [0.15, 0.2) is 42.7 Å². The summed E-state index contributed by atoms with van der Waals surface area (Å²) < 4.78 is 1.49. The number of nitrogens with one attached hydrogen (secondary N) is 1. The standard InChI is InChI=1S/C10H9ClN2O/c11-10-12-6-7-13(10)14-8-9-4-2-1-3-5-9/h1-7H,8H2/p+1. The summed E-state index contributed by atoms with van der Waals surface area (Å²) in [6, 6.07) is 9.92.